The van der Waals surface area contributed by atoms with E-state index in [-0.39, 0.29) is 5.56 Å². The Bertz CT molecular complexity index is 369. The molecule has 0 heterocycles. The number of carboxylic acids is 1. The van der Waals surface area contributed by atoms with Crippen LogP contribution in [0.5, 0.6) is 0 Å². The Kier molecular flexibility index (Phi) is 3.31. The van der Waals surface area contributed by atoms with Crippen molar-refractivity contribution >= 4 is 5.97 Å². The molecule has 1 aromatic rings. The number of aliphatic hydroxyl groups is 1. The van der Waals surface area contributed by atoms with Crippen molar-refractivity contribution in [2.24, 2.45) is 0 Å². The van der Waals surface area contributed by atoms with Crippen LogP contribution in [0.3, 0.4) is 0 Å². The van der Waals surface area contributed by atoms with E-state index >= 15 is 0 Å². The lowest BCUT2D eigenvalue weighted by molar-refractivity contribution is -0.139. The first kappa shape index (κ1) is 11.5. The number of hydrogen-bond donors (Lipinski definition) is 2. The van der Waals surface area contributed by atoms with Gasteiger partial charge in [0.25, 0.3) is 0 Å². The minimum absolute atomic E-state index is 0.311. The third kappa shape index (κ3) is 2.69. The van der Waals surface area contributed by atoms with Crippen molar-refractivity contribution in [2.75, 3.05) is 0 Å². The third-order valence-corrected chi connectivity index (χ3v) is 1.76. The molecule has 0 amide bonds. The molecule has 1 atom stereocenters. The average Bonchev–Trinajstić information content (AvgIpc) is 2.12. The van der Waals surface area contributed by atoms with Crippen LogP contribution in [0, 0.1) is 17.5 Å². The van der Waals surface area contributed by atoms with Crippen molar-refractivity contribution in [1.82, 2.24) is 0 Å². The highest BCUT2D eigenvalue weighted by atomic mass is 19.2. The fourth-order valence-corrected chi connectivity index (χ4v) is 1.05. The molecule has 0 saturated carbocycles. The molecule has 1 rings (SSSR count). The summed E-state index contributed by atoms with van der Waals surface area (Å²) < 4.78 is 37.8. The lowest BCUT2D eigenvalue weighted by Crippen LogP contribution is -2.07. The molecule has 0 unspecified atom stereocenters. The van der Waals surface area contributed by atoms with Crippen LogP contribution in [0.4, 0.5) is 13.2 Å². The molecular weight excluding hydrogens is 213 g/mol. The standard InChI is InChI=1S/C9H7F3O3/c10-5-1-4(2-6(11)9(5)12)7(13)3-8(14)15/h1-2,7,13H,3H2,(H,14,15)/t7-/m1/s1. The summed E-state index contributed by atoms with van der Waals surface area (Å²) in [5.74, 6) is -5.90. The second-order valence-corrected chi connectivity index (χ2v) is 2.91. The van der Waals surface area contributed by atoms with Crippen molar-refractivity contribution in [3.8, 4) is 0 Å². The molecule has 0 saturated heterocycles. The summed E-state index contributed by atoms with van der Waals surface area (Å²) in [6.45, 7) is 0. The molecule has 3 nitrogen and oxygen atoms in total. The summed E-state index contributed by atoms with van der Waals surface area (Å²) in [5, 5.41) is 17.5. The van der Waals surface area contributed by atoms with Gasteiger partial charge in [0, 0.05) is 0 Å². The maximum atomic E-state index is 12.7. The molecule has 15 heavy (non-hydrogen) atoms. The van der Waals surface area contributed by atoms with Crippen LogP contribution in [0.25, 0.3) is 0 Å². The molecule has 0 radical (unpaired) electrons. The van der Waals surface area contributed by atoms with Crippen molar-refractivity contribution in [3.05, 3.63) is 35.1 Å². The number of carboxylic acid groups (broad SMARTS) is 1. The summed E-state index contributed by atoms with van der Waals surface area (Å²) in [4.78, 5) is 10.2. The van der Waals surface area contributed by atoms with Crippen LogP contribution >= 0.6 is 0 Å². The Hall–Kier alpha value is -1.56. The first-order chi connectivity index (χ1) is 6.91. The van der Waals surface area contributed by atoms with Gasteiger partial charge in [-0.3, -0.25) is 4.79 Å². The zero-order chi connectivity index (χ0) is 11.6. The lowest BCUT2D eigenvalue weighted by atomic mass is 10.1. The van der Waals surface area contributed by atoms with Crippen molar-refractivity contribution in [3.63, 3.8) is 0 Å². The number of carbonyl (C=O) groups is 1. The largest absolute Gasteiger partial charge is 0.481 e. The van der Waals surface area contributed by atoms with Gasteiger partial charge in [-0.1, -0.05) is 0 Å². The van der Waals surface area contributed by atoms with E-state index in [4.69, 9.17) is 5.11 Å². The molecule has 2 N–H and O–H groups in total. The SMILES string of the molecule is O=C(O)C[C@@H](O)c1cc(F)c(F)c(F)c1. The monoisotopic (exact) mass is 220 g/mol. The highest BCUT2D eigenvalue weighted by molar-refractivity contribution is 5.67. The van der Waals surface area contributed by atoms with E-state index < -0.39 is 35.9 Å². The van der Waals surface area contributed by atoms with Gasteiger partial charge in [-0.15, -0.1) is 0 Å². The van der Waals surface area contributed by atoms with Crippen molar-refractivity contribution in [2.45, 2.75) is 12.5 Å². The maximum Gasteiger partial charge on any atom is 0.306 e. The minimum atomic E-state index is -1.65. The van der Waals surface area contributed by atoms with Crippen molar-refractivity contribution < 1.29 is 28.2 Å². The second kappa shape index (κ2) is 4.31. The fraction of sp³-hybridized carbons (Fsp3) is 0.222. The molecular formula is C9H7F3O3. The Morgan fingerprint density at radius 1 is 1.27 bits per heavy atom. The number of aliphatic hydroxyl groups excluding tert-OH is 1. The summed E-state index contributed by atoms with van der Waals surface area (Å²) >= 11 is 0. The minimum Gasteiger partial charge on any atom is -0.481 e. The van der Waals surface area contributed by atoms with E-state index in [9.17, 15) is 23.1 Å². The van der Waals surface area contributed by atoms with Gasteiger partial charge in [0.1, 0.15) is 0 Å². The molecule has 0 spiro atoms. The Labute approximate surface area is 82.8 Å². The lowest BCUT2D eigenvalue weighted by Gasteiger charge is -2.08. The molecule has 82 valence electrons. The highest BCUT2D eigenvalue weighted by Gasteiger charge is 2.17. The highest BCUT2D eigenvalue weighted by Crippen LogP contribution is 2.21. The number of benzene rings is 1. The second-order valence-electron chi connectivity index (χ2n) is 2.91. The quantitative estimate of drug-likeness (QED) is 0.761. The molecule has 0 aliphatic carbocycles. The van der Waals surface area contributed by atoms with E-state index in [0.717, 1.165) is 0 Å². The van der Waals surface area contributed by atoms with Gasteiger partial charge in [0.15, 0.2) is 17.5 Å². The van der Waals surface area contributed by atoms with Crippen LogP contribution in [0.15, 0.2) is 12.1 Å². The first-order valence-corrected chi connectivity index (χ1v) is 3.96. The van der Waals surface area contributed by atoms with E-state index in [2.05, 4.69) is 0 Å². The molecule has 0 aromatic heterocycles. The van der Waals surface area contributed by atoms with Crippen LogP contribution in [0.2, 0.25) is 0 Å². The fourth-order valence-electron chi connectivity index (χ4n) is 1.05. The van der Waals surface area contributed by atoms with Gasteiger partial charge in [-0.05, 0) is 17.7 Å². The Balaban J connectivity index is 3.00. The molecule has 0 aliphatic rings. The predicted octanol–water partition coefficient (Wildman–Crippen LogP) is 1.61. The molecule has 1 aromatic carbocycles. The summed E-state index contributed by atoms with van der Waals surface area (Å²) in [6.07, 6.45) is -2.27. The number of halogens is 3. The Morgan fingerprint density at radius 3 is 2.13 bits per heavy atom. The van der Waals surface area contributed by atoms with Gasteiger partial charge in [0.2, 0.25) is 0 Å². The molecule has 0 aliphatic heterocycles. The summed E-state index contributed by atoms with van der Waals surface area (Å²) in [7, 11) is 0. The average molecular weight is 220 g/mol. The van der Waals surface area contributed by atoms with E-state index in [0.29, 0.717) is 12.1 Å². The van der Waals surface area contributed by atoms with Crippen LogP contribution in [-0.2, 0) is 4.79 Å². The van der Waals surface area contributed by atoms with Gasteiger partial charge in [-0.2, -0.15) is 0 Å². The molecule has 0 bridgehead atoms. The summed E-state index contributed by atoms with van der Waals surface area (Å²) in [6, 6.07) is 1.12. The van der Waals surface area contributed by atoms with Crippen LogP contribution in [0.1, 0.15) is 18.1 Å². The smallest absolute Gasteiger partial charge is 0.306 e. The zero-order valence-electron chi connectivity index (χ0n) is 7.38. The third-order valence-electron chi connectivity index (χ3n) is 1.76. The Morgan fingerprint density at radius 2 is 1.73 bits per heavy atom. The van der Waals surface area contributed by atoms with Crippen LogP contribution in [-0.4, -0.2) is 16.2 Å². The van der Waals surface area contributed by atoms with Crippen molar-refractivity contribution in [1.29, 1.82) is 0 Å². The zero-order valence-corrected chi connectivity index (χ0v) is 7.38. The topological polar surface area (TPSA) is 57.5 Å². The van der Waals surface area contributed by atoms with Gasteiger partial charge >= 0.3 is 5.97 Å². The molecule has 6 heteroatoms. The first-order valence-electron chi connectivity index (χ1n) is 3.96. The van der Waals surface area contributed by atoms with Gasteiger partial charge < -0.3 is 10.2 Å². The molecule has 0 fully saturated rings. The summed E-state index contributed by atoms with van der Waals surface area (Å²) in [5.41, 5.74) is -0.311. The predicted molar refractivity (Wildman–Crippen MR) is 43.5 cm³/mol. The van der Waals surface area contributed by atoms with Gasteiger partial charge in [0.05, 0.1) is 12.5 Å². The van der Waals surface area contributed by atoms with E-state index in [1.807, 2.05) is 0 Å². The van der Waals surface area contributed by atoms with E-state index in [1.54, 1.807) is 0 Å². The normalized spacial score (nSPS) is 12.5. The van der Waals surface area contributed by atoms with E-state index in [1.165, 1.54) is 0 Å². The number of hydrogen-bond acceptors (Lipinski definition) is 2. The van der Waals surface area contributed by atoms with Crippen LogP contribution < -0.4 is 0 Å². The maximum absolute atomic E-state index is 12.7. The van der Waals surface area contributed by atoms with Gasteiger partial charge in [-0.25, -0.2) is 13.2 Å². The number of aliphatic carboxylic acids is 1. The number of rotatable bonds is 3.